The minimum atomic E-state index is -0.912. The Labute approximate surface area is 138 Å². The Hall–Kier alpha value is -2.87. The van der Waals surface area contributed by atoms with E-state index in [-0.39, 0.29) is 11.3 Å². The van der Waals surface area contributed by atoms with Crippen LogP contribution in [0.15, 0.2) is 41.9 Å². The van der Waals surface area contributed by atoms with Gasteiger partial charge in [-0.15, -0.1) is 11.3 Å². The Morgan fingerprint density at radius 1 is 1.17 bits per heavy atom. The van der Waals surface area contributed by atoms with Gasteiger partial charge in [-0.2, -0.15) is 0 Å². The van der Waals surface area contributed by atoms with Crippen molar-refractivity contribution in [3.63, 3.8) is 0 Å². The molecule has 1 amide bonds. The third-order valence-electron chi connectivity index (χ3n) is 3.11. The van der Waals surface area contributed by atoms with E-state index in [0.29, 0.717) is 6.07 Å². The Bertz CT molecular complexity index is 927. The number of amides is 1. The smallest absolute Gasteiger partial charge is 0.338 e. The molecule has 1 N–H and O–H groups in total. The highest BCUT2D eigenvalue weighted by molar-refractivity contribution is 7.16. The van der Waals surface area contributed by atoms with Crippen molar-refractivity contribution in [3.05, 3.63) is 59.1 Å². The van der Waals surface area contributed by atoms with Crippen LogP contribution in [0.4, 0.5) is 14.5 Å². The first-order chi connectivity index (χ1) is 11.5. The molecule has 0 radical (unpaired) electrons. The summed E-state index contributed by atoms with van der Waals surface area (Å²) >= 11 is 1.38. The molecule has 0 saturated heterocycles. The van der Waals surface area contributed by atoms with Crippen LogP contribution in [0, 0.1) is 11.6 Å². The fraction of sp³-hybridized carbons (Fsp3) is 0.0625. The lowest BCUT2D eigenvalue weighted by atomic mass is 10.2. The van der Waals surface area contributed by atoms with Crippen molar-refractivity contribution in [2.45, 2.75) is 0 Å². The zero-order chi connectivity index (χ0) is 17.1. The Balaban J connectivity index is 1.60. The predicted molar refractivity (Wildman–Crippen MR) is 84.9 cm³/mol. The molecule has 0 aliphatic carbocycles. The van der Waals surface area contributed by atoms with Gasteiger partial charge >= 0.3 is 5.97 Å². The predicted octanol–water partition coefficient (Wildman–Crippen LogP) is 3.37. The van der Waals surface area contributed by atoms with Crippen LogP contribution in [0.2, 0.25) is 0 Å². The third kappa shape index (κ3) is 3.54. The molecule has 5 nitrogen and oxygen atoms in total. The minimum absolute atomic E-state index is 0.191. The highest BCUT2D eigenvalue weighted by Crippen LogP contribution is 2.19. The lowest BCUT2D eigenvalue weighted by Gasteiger charge is -2.07. The van der Waals surface area contributed by atoms with Crippen molar-refractivity contribution in [1.29, 1.82) is 0 Å². The third-order valence-corrected chi connectivity index (χ3v) is 3.90. The number of carbonyl (C=O) groups is 2. The molecule has 8 heteroatoms. The molecule has 24 heavy (non-hydrogen) atoms. The second-order valence-corrected chi connectivity index (χ2v) is 5.67. The van der Waals surface area contributed by atoms with Crippen LogP contribution in [0.1, 0.15) is 10.4 Å². The summed E-state index contributed by atoms with van der Waals surface area (Å²) in [4.78, 5) is 27.7. The minimum Gasteiger partial charge on any atom is -0.452 e. The van der Waals surface area contributed by atoms with Gasteiger partial charge in [-0.1, -0.05) is 0 Å². The fourth-order valence-corrected chi connectivity index (χ4v) is 2.69. The molecule has 0 fully saturated rings. The highest BCUT2D eigenvalue weighted by Gasteiger charge is 2.13. The normalized spacial score (nSPS) is 10.6. The molecule has 3 aromatic rings. The van der Waals surface area contributed by atoms with Gasteiger partial charge in [0.25, 0.3) is 5.91 Å². The monoisotopic (exact) mass is 348 g/mol. The van der Waals surface area contributed by atoms with Crippen LogP contribution in [0.3, 0.4) is 0 Å². The SMILES string of the molecule is O=C(COC(=O)c1ccc2ncsc2c1)Nc1ccc(F)cc1F. The van der Waals surface area contributed by atoms with Crippen molar-refractivity contribution < 1.29 is 23.1 Å². The lowest BCUT2D eigenvalue weighted by molar-refractivity contribution is -0.119. The number of hydrogen-bond donors (Lipinski definition) is 1. The number of fused-ring (bicyclic) bond motifs is 1. The average molecular weight is 348 g/mol. The van der Waals surface area contributed by atoms with Crippen molar-refractivity contribution in [3.8, 4) is 0 Å². The first-order valence-electron chi connectivity index (χ1n) is 6.78. The van der Waals surface area contributed by atoms with E-state index >= 15 is 0 Å². The van der Waals surface area contributed by atoms with Crippen LogP contribution in [-0.4, -0.2) is 23.5 Å². The Morgan fingerprint density at radius 3 is 2.79 bits per heavy atom. The number of halogens is 2. The molecular weight excluding hydrogens is 338 g/mol. The maximum atomic E-state index is 13.4. The van der Waals surface area contributed by atoms with E-state index in [1.54, 1.807) is 23.7 Å². The van der Waals surface area contributed by atoms with Gasteiger partial charge in [0.2, 0.25) is 0 Å². The molecule has 0 unspecified atom stereocenters. The van der Waals surface area contributed by atoms with Gasteiger partial charge in [-0.05, 0) is 30.3 Å². The second-order valence-electron chi connectivity index (χ2n) is 4.78. The molecule has 0 saturated carbocycles. The van der Waals surface area contributed by atoms with Gasteiger partial charge in [-0.3, -0.25) is 4.79 Å². The number of anilines is 1. The number of ether oxygens (including phenoxy) is 1. The Kier molecular flexibility index (Phi) is 4.48. The first-order valence-corrected chi connectivity index (χ1v) is 7.66. The van der Waals surface area contributed by atoms with E-state index in [2.05, 4.69) is 10.3 Å². The molecule has 0 atom stereocenters. The summed E-state index contributed by atoms with van der Waals surface area (Å²) in [5, 5.41) is 2.20. The fourth-order valence-electron chi connectivity index (χ4n) is 1.97. The number of carbonyl (C=O) groups excluding carboxylic acids is 2. The zero-order valence-corrected chi connectivity index (χ0v) is 12.9. The van der Waals surface area contributed by atoms with Crippen molar-refractivity contribution in [2.75, 3.05) is 11.9 Å². The van der Waals surface area contributed by atoms with Gasteiger partial charge in [0.1, 0.15) is 11.6 Å². The van der Waals surface area contributed by atoms with Crippen LogP contribution in [-0.2, 0) is 9.53 Å². The maximum absolute atomic E-state index is 13.4. The highest BCUT2D eigenvalue weighted by atomic mass is 32.1. The zero-order valence-electron chi connectivity index (χ0n) is 12.1. The summed E-state index contributed by atoms with van der Waals surface area (Å²) in [6.07, 6.45) is 0. The number of benzene rings is 2. The van der Waals surface area contributed by atoms with Crippen LogP contribution < -0.4 is 5.32 Å². The van der Waals surface area contributed by atoms with Crippen molar-refractivity contribution in [2.24, 2.45) is 0 Å². The summed E-state index contributed by atoms with van der Waals surface area (Å²) in [7, 11) is 0. The molecule has 0 bridgehead atoms. The quantitative estimate of drug-likeness (QED) is 0.734. The summed E-state index contributed by atoms with van der Waals surface area (Å²) in [5.41, 5.74) is 2.52. The van der Waals surface area contributed by atoms with Crippen molar-refractivity contribution >= 4 is 39.1 Å². The van der Waals surface area contributed by atoms with Gasteiger partial charge < -0.3 is 10.1 Å². The number of nitrogens with one attached hydrogen (secondary N) is 1. The molecule has 2 aromatic carbocycles. The number of esters is 1. The maximum Gasteiger partial charge on any atom is 0.338 e. The molecule has 122 valence electrons. The lowest BCUT2D eigenvalue weighted by Crippen LogP contribution is -2.21. The molecule has 1 heterocycles. The van der Waals surface area contributed by atoms with Gasteiger partial charge in [0.15, 0.2) is 6.61 Å². The van der Waals surface area contributed by atoms with Crippen LogP contribution >= 0.6 is 11.3 Å². The average Bonchev–Trinajstić information content (AvgIpc) is 3.03. The number of thiazole rings is 1. The number of rotatable bonds is 4. The number of hydrogen-bond acceptors (Lipinski definition) is 5. The molecule has 0 spiro atoms. The van der Waals surface area contributed by atoms with Crippen LogP contribution in [0.5, 0.6) is 0 Å². The molecule has 0 aliphatic heterocycles. The van der Waals surface area contributed by atoms with E-state index in [4.69, 9.17) is 4.74 Å². The summed E-state index contributed by atoms with van der Waals surface area (Å²) in [5.74, 6) is -3.08. The van der Waals surface area contributed by atoms with Crippen molar-refractivity contribution in [1.82, 2.24) is 4.98 Å². The number of aromatic nitrogens is 1. The van der Waals surface area contributed by atoms with E-state index in [9.17, 15) is 18.4 Å². The topological polar surface area (TPSA) is 68.3 Å². The number of nitrogens with zero attached hydrogens (tertiary/aromatic N) is 1. The molecule has 1 aromatic heterocycles. The second kappa shape index (κ2) is 6.71. The standard InChI is InChI=1S/C16H10F2N2O3S/c17-10-2-4-12(11(18)6-10)20-15(21)7-23-16(22)9-1-3-13-14(5-9)24-8-19-13/h1-6,8H,7H2,(H,20,21). The Morgan fingerprint density at radius 2 is 2.00 bits per heavy atom. The molecular formula is C16H10F2N2O3S. The summed E-state index contributed by atoms with van der Waals surface area (Å²) in [6, 6.07) is 7.58. The van der Waals surface area contributed by atoms with Gasteiger partial charge in [0.05, 0.1) is 27.0 Å². The van der Waals surface area contributed by atoms with E-state index in [1.807, 2.05) is 0 Å². The molecule has 0 aliphatic rings. The summed E-state index contributed by atoms with van der Waals surface area (Å²) < 4.78 is 31.9. The largest absolute Gasteiger partial charge is 0.452 e. The van der Waals surface area contributed by atoms with Crippen LogP contribution in [0.25, 0.3) is 10.2 Å². The molecule has 3 rings (SSSR count). The van der Waals surface area contributed by atoms with Gasteiger partial charge in [0, 0.05) is 6.07 Å². The van der Waals surface area contributed by atoms with Gasteiger partial charge in [-0.25, -0.2) is 18.6 Å². The first kappa shape index (κ1) is 16.0. The summed E-state index contributed by atoms with van der Waals surface area (Å²) in [6.45, 7) is -0.587. The van der Waals surface area contributed by atoms with E-state index < -0.39 is 30.1 Å². The van der Waals surface area contributed by atoms with E-state index in [1.165, 1.54) is 11.3 Å². The van der Waals surface area contributed by atoms with E-state index in [0.717, 1.165) is 22.3 Å².